The molecular formula is C8H8O6S. The molecular weight excluding hydrogens is 224 g/mol. The Hall–Kier alpha value is -1.73. The monoisotopic (exact) mass is 232 g/mol. The first-order valence-corrected chi connectivity index (χ1v) is 5.09. The van der Waals surface area contributed by atoms with Gasteiger partial charge < -0.3 is 14.4 Å². The zero-order valence-electron chi connectivity index (χ0n) is 7.36. The van der Waals surface area contributed by atoms with Crippen LogP contribution in [0, 0.1) is 0 Å². The Bertz CT molecular complexity index is 476. The molecule has 0 fully saturated rings. The standard InChI is InChI=1S/C8H8O6S/c9-7-2-1-6(5-8(7)10)3-4-14-15(11,12)13/h1-5,9-10H,(H,11,12,13)/b4-3-. The van der Waals surface area contributed by atoms with Crippen molar-refractivity contribution in [2.45, 2.75) is 0 Å². The van der Waals surface area contributed by atoms with Crippen molar-refractivity contribution in [3.8, 4) is 11.5 Å². The predicted octanol–water partition coefficient (Wildman–Crippen LogP) is 0.888. The fourth-order valence-electron chi connectivity index (χ4n) is 0.821. The largest absolute Gasteiger partial charge is 0.504 e. The second-order valence-corrected chi connectivity index (χ2v) is 3.62. The van der Waals surface area contributed by atoms with E-state index in [0.717, 1.165) is 6.26 Å². The number of phenolic OH excluding ortho intramolecular Hbond substituents is 2. The van der Waals surface area contributed by atoms with E-state index < -0.39 is 10.4 Å². The molecule has 0 aliphatic rings. The van der Waals surface area contributed by atoms with E-state index in [1.165, 1.54) is 24.3 Å². The summed E-state index contributed by atoms with van der Waals surface area (Å²) in [5.74, 6) is -0.633. The number of rotatable bonds is 3. The van der Waals surface area contributed by atoms with Crippen molar-refractivity contribution in [1.82, 2.24) is 0 Å². The Morgan fingerprint density at radius 2 is 1.87 bits per heavy atom. The van der Waals surface area contributed by atoms with E-state index >= 15 is 0 Å². The van der Waals surface area contributed by atoms with E-state index in [9.17, 15) is 8.42 Å². The summed E-state index contributed by atoms with van der Waals surface area (Å²) in [5, 5.41) is 18.0. The minimum absolute atomic E-state index is 0.289. The molecule has 0 atom stereocenters. The highest BCUT2D eigenvalue weighted by molar-refractivity contribution is 7.81. The first-order valence-electron chi connectivity index (χ1n) is 3.73. The quantitative estimate of drug-likeness (QED) is 0.406. The molecule has 0 radical (unpaired) electrons. The molecule has 0 heterocycles. The summed E-state index contributed by atoms with van der Waals surface area (Å²) in [4.78, 5) is 0. The highest BCUT2D eigenvalue weighted by Gasteiger charge is 2.00. The molecule has 0 aromatic heterocycles. The van der Waals surface area contributed by atoms with Crippen LogP contribution in [0.1, 0.15) is 5.56 Å². The maximum absolute atomic E-state index is 10.1. The Kier molecular flexibility index (Phi) is 3.17. The lowest BCUT2D eigenvalue weighted by atomic mass is 10.2. The molecule has 0 bridgehead atoms. The van der Waals surface area contributed by atoms with Gasteiger partial charge in [0, 0.05) is 0 Å². The molecule has 0 aliphatic heterocycles. The van der Waals surface area contributed by atoms with Crippen molar-refractivity contribution < 1.29 is 27.4 Å². The molecule has 0 unspecified atom stereocenters. The third kappa shape index (κ3) is 3.88. The molecule has 1 aromatic carbocycles. The van der Waals surface area contributed by atoms with E-state index in [1.54, 1.807) is 0 Å². The third-order valence-corrected chi connectivity index (χ3v) is 1.79. The topological polar surface area (TPSA) is 104 Å². The van der Waals surface area contributed by atoms with Crippen LogP contribution < -0.4 is 0 Å². The van der Waals surface area contributed by atoms with Gasteiger partial charge in [0.15, 0.2) is 11.5 Å². The molecule has 1 rings (SSSR count). The Morgan fingerprint density at radius 1 is 1.20 bits per heavy atom. The van der Waals surface area contributed by atoms with Crippen LogP contribution in [0.3, 0.4) is 0 Å². The van der Waals surface area contributed by atoms with Crippen LogP contribution in [0.25, 0.3) is 6.08 Å². The minimum atomic E-state index is -4.51. The summed E-state index contributed by atoms with van der Waals surface area (Å²) in [5.41, 5.74) is 0.397. The van der Waals surface area contributed by atoms with Gasteiger partial charge in [-0.05, 0) is 23.8 Å². The van der Waals surface area contributed by atoms with E-state index in [4.69, 9.17) is 14.8 Å². The number of phenols is 2. The maximum Gasteiger partial charge on any atom is 0.445 e. The summed E-state index contributed by atoms with van der Waals surface area (Å²) in [6, 6.07) is 3.83. The number of benzene rings is 1. The second kappa shape index (κ2) is 4.20. The van der Waals surface area contributed by atoms with E-state index in [0.29, 0.717) is 5.56 Å². The number of hydrogen-bond acceptors (Lipinski definition) is 5. The smallest absolute Gasteiger partial charge is 0.445 e. The Balaban J connectivity index is 2.78. The first kappa shape index (κ1) is 11.3. The molecule has 3 N–H and O–H groups in total. The van der Waals surface area contributed by atoms with Crippen LogP contribution in [0.4, 0.5) is 0 Å². The zero-order chi connectivity index (χ0) is 11.5. The molecule has 15 heavy (non-hydrogen) atoms. The summed E-state index contributed by atoms with van der Waals surface area (Å²) >= 11 is 0. The summed E-state index contributed by atoms with van der Waals surface area (Å²) in [6.07, 6.45) is 1.92. The van der Waals surface area contributed by atoms with Gasteiger partial charge >= 0.3 is 10.4 Å². The van der Waals surface area contributed by atoms with Gasteiger partial charge in [0.05, 0.1) is 0 Å². The van der Waals surface area contributed by atoms with Gasteiger partial charge in [-0.3, -0.25) is 4.55 Å². The van der Waals surface area contributed by atoms with Crippen LogP contribution in [0.15, 0.2) is 24.5 Å². The molecule has 0 aliphatic carbocycles. The van der Waals surface area contributed by atoms with Crippen molar-refractivity contribution in [3.63, 3.8) is 0 Å². The second-order valence-electron chi connectivity index (χ2n) is 2.57. The lowest BCUT2D eigenvalue weighted by molar-refractivity contribution is 0.357. The molecule has 0 saturated carbocycles. The molecule has 7 heteroatoms. The Morgan fingerprint density at radius 3 is 2.40 bits per heavy atom. The van der Waals surface area contributed by atoms with Gasteiger partial charge in [0.1, 0.15) is 6.26 Å². The number of aromatic hydroxyl groups is 2. The highest BCUT2D eigenvalue weighted by Crippen LogP contribution is 2.25. The van der Waals surface area contributed by atoms with Crippen molar-refractivity contribution in [3.05, 3.63) is 30.0 Å². The third-order valence-electron chi connectivity index (χ3n) is 1.44. The van der Waals surface area contributed by atoms with Crippen LogP contribution in [0.5, 0.6) is 11.5 Å². The van der Waals surface area contributed by atoms with E-state index in [1.807, 2.05) is 0 Å². The molecule has 82 valence electrons. The fourth-order valence-corrected chi connectivity index (χ4v) is 1.02. The van der Waals surface area contributed by atoms with Gasteiger partial charge in [-0.1, -0.05) is 6.07 Å². The summed E-state index contributed by atoms with van der Waals surface area (Å²) in [6.45, 7) is 0. The van der Waals surface area contributed by atoms with Crippen LogP contribution >= 0.6 is 0 Å². The SMILES string of the molecule is O=S(=O)(O)O/C=C\c1ccc(O)c(O)c1. The normalized spacial score (nSPS) is 11.8. The molecule has 0 spiro atoms. The average Bonchev–Trinajstić information content (AvgIpc) is 2.09. The first-order chi connectivity index (χ1) is 6.88. The lowest BCUT2D eigenvalue weighted by Crippen LogP contribution is -1.96. The lowest BCUT2D eigenvalue weighted by Gasteiger charge is -1.98. The van der Waals surface area contributed by atoms with Gasteiger partial charge in [-0.15, -0.1) is 0 Å². The maximum atomic E-state index is 10.1. The highest BCUT2D eigenvalue weighted by atomic mass is 32.3. The van der Waals surface area contributed by atoms with Crippen LogP contribution in [0.2, 0.25) is 0 Å². The van der Waals surface area contributed by atoms with Gasteiger partial charge in [-0.2, -0.15) is 8.42 Å². The summed E-state index contributed by atoms with van der Waals surface area (Å²) in [7, 11) is -4.51. The van der Waals surface area contributed by atoms with E-state index in [-0.39, 0.29) is 11.5 Å². The summed E-state index contributed by atoms with van der Waals surface area (Å²) < 4.78 is 32.4. The number of hydrogen-bond donors (Lipinski definition) is 3. The Labute approximate surface area is 86.0 Å². The van der Waals surface area contributed by atoms with Crippen molar-refractivity contribution >= 4 is 16.5 Å². The van der Waals surface area contributed by atoms with Crippen molar-refractivity contribution in [1.29, 1.82) is 0 Å². The molecule has 6 nitrogen and oxygen atoms in total. The van der Waals surface area contributed by atoms with Gasteiger partial charge in [0.25, 0.3) is 0 Å². The van der Waals surface area contributed by atoms with Crippen LogP contribution in [-0.2, 0) is 14.6 Å². The molecule has 0 amide bonds. The average molecular weight is 232 g/mol. The predicted molar refractivity (Wildman–Crippen MR) is 51.4 cm³/mol. The fraction of sp³-hybridized carbons (Fsp3) is 0. The minimum Gasteiger partial charge on any atom is -0.504 e. The van der Waals surface area contributed by atoms with Gasteiger partial charge in [0.2, 0.25) is 0 Å². The van der Waals surface area contributed by atoms with Crippen molar-refractivity contribution in [2.75, 3.05) is 0 Å². The molecule has 0 saturated heterocycles. The van der Waals surface area contributed by atoms with Crippen molar-refractivity contribution in [2.24, 2.45) is 0 Å². The molecule has 1 aromatic rings. The zero-order valence-corrected chi connectivity index (χ0v) is 8.18. The van der Waals surface area contributed by atoms with Gasteiger partial charge in [-0.25, -0.2) is 0 Å². The van der Waals surface area contributed by atoms with E-state index in [2.05, 4.69) is 4.18 Å². The van der Waals surface area contributed by atoms with Crippen LogP contribution in [-0.4, -0.2) is 23.2 Å².